The summed E-state index contributed by atoms with van der Waals surface area (Å²) in [7, 11) is 0. The summed E-state index contributed by atoms with van der Waals surface area (Å²) >= 11 is 0. The maximum atomic E-state index is 12.3. The summed E-state index contributed by atoms with van der Waals surface area (Å²) in [6.45, 7) is 3.48. The largest absolute Gasteiger partial charge is 0.335 e. The van der Waals surface area contributed by atoms with Gasteiger partial charge >= 0.3 is 0 Å². The van der Waals surface area contributed by atoms with Crippen molar-refractivity contribution < 1.29 is 4.79 Å². The molecule has 1 heterocycles. The first-order valence-corrected chi connectivity index (χ1v) is 7.20. The highest BCUT2D eigenvalue weighted by atomic mass is 16.2. The van der Waals surface area contributed by atoms with Crippen LogP contribution in [0.3, 0.4) is 0 Å². The van der Waals surface area contributed by atoms with Gasteiger partial charge in [0.2, 0.25) is 5.91 Å². The Balaban J connectivity index is 2.03. The number of amides is 1. The Morgan fingerprint density at radius 3 is 2.67 bits per heavy atom. The van der Waals surface area contributed by atoms with Gasteiger partial charge in [0.15, 0.2) is 0 Å². The number of carbonyl (C=O) groups excluding carboxylic acids is 1. The van der Waals surface area contributed by atoms with Gasteiger partial charge in [-0.15, -0.1) is 0 Å². The van der Waals surface area contributed by atoms with Gasteiger partial charge in [-0.05, 0) is 29.7 Å². The molecule has 0 radical (unpaired) electrons. The zero-order valence-corrected chi connectivity index (χ0v) is 12.3. The molecule has 0 fully saturated rings. The lowest BCUT2D eigenvalue weighted by Crippen LogP contribution is -2.29. The zero-order chi connectivity index (χ0) is 14.9. The third kappa shape index (κ3) is 4.88. The van der Waals surface area contributed by atoms with Crippen molar-refractivity contribution in [2.45, 2.75) is 19.9 Å². The lowest BCUT2D eigenvalue weighted by atomic mass is 10.2. The fourth-order valence-electron chi connectivity index (χ4n) is 2.09. The van der Waals surface area contributed by atoms with Crippen LogP contribution in [0.1, 0.15) is 24.5 Å². The monoisotopic (exact) mass is 280 g/mol. The summed E-state index contributed by atoms with van der Waals surface area (Å²) in [5, 5.41) is 0. The minimum Gasteiger partial charge on any atom is -0.335 e. The molecular weight excluding hydrogens is 260 g/mol. The summed E-state index contributed by atoms with van der Waals surface area (Å²) in [5.74, 6) is 0.0320. The van der Waals surface area contributed by atoms with Crippen molar-refractivity contribution >= 4 is 12.0 Å². The average Bonchev–Trinajstić information content (AvgIpc) is 2.54. The third-order valence-corrected chi connectivity index (χ3v) is 3.12. The number of benzene rings is 1. The van der Waals surface area contributed by atoms with Crippen LogP contribution in [-0.2, 0) is 11.3 Å². The molecule has 0 unspecified atom stereocenters. The Labute approximate surface area is 125 Å². The SMILES string of the molecule is CCCN(Cc1ccccc1)C(=O)/C=C/c1cccnc1. The predicted octanol–water partition coefficient (Wildman–Crippen LogP) is 3.53. The lowest BCUT2D eigenvalue weighted by Gasteiger charge is -2.20. The first-order valence-electron chi connectivity index (χ1n) is 7.20. The van der Waals surface area contributed by atoms with E-state index in [1.54, 1.807) is 18.5 Å². The van der Waals surface area contributed by atoms with Gasteiger partial charge in [-0.2, -0.15) is 0 Å². The van der Waals surface area contributed by atoms with Gasteiger partial charge in [-0.25, -0.2) is 0 Å². The molecule has 3 nitrogen and oxygen atoms in total. The minimum absolute atomic E-state index is 0.0320. The molecule has 1 aromatic carbocycles. The first kappa shape index (κ1) is 15.0. The van der Waals surface area contributed by atoms with Gasteiger partial charge in [-0.1, -0.05) is 43.3 Å². The van der Waals surface area contributed by atoms with E-state index in [0.717, 1.165) is 24.1 Å². The maximum absolute atomic E-state index is 12.3. The van der Waals surface area contributed by atoms with Crippen LogP contribution >= 0.6 is 0 Å². The highest BCUT2D eigenvalue weighted by Gasteiger charge is 2.09. The maximum Gasteiger partial charge on any atom is 0.246 e. The Kier molecular flexibility index (Phi) is 5.71. The van der Waals surface area contributed by atoms with Crippen molar-refractivity contribution in [3.63, 3.8) is 0 Å². The van der Waals surface area contributed by atoms with Gasteiger partial charge in [0.1, 0.15) is 0 Å². The second-order valence-electron chi connectivity index (χ2n) is 4.87. The normalized spacial score (nSPS) is 10.7. The van der Waals surface area contributed by atoms with Gasteiger partial charge < -0.3 is 4.90 Å². The van der Waals surface area contributed by atoms with Crippen LogP contribution in [0.4, 0.5) is 0 Å². The first-order chi connectivity index (χ1) is 10.3. The fraction of sp³-hybridized carbons (Fsp3) is 0.222. The molecule has 108 valence electrons. The van der Waals surface area contributed by atoms with E-state index in [1.165, 1.54) is 0 Å². The van der Waals surface area contributed by atoms with Crippen molar-refractivity contribution in [3.05, 3.63) is 72.1 Å². The van der Waals surface area contributed by atoms with E-state index in [9.17, 15) is 4.79 Å². The van der Waals surface area contributed by atoms with E-state index in [2.05, 4.69) is 11.9 Å². The molecule has 0 N–H and O–H groups in total. The van der Waals surface area contributed by atoms with Crippen molar-refractivity contribution in [1.29, 1.82) is 0 Å². The number of aromatic nitrogens is 1. The molecule has 0 aliphatic heterocycles. The number of rotatable bonds is 6. The molecule has 2 aromatic rings. The Morgan fingerprint density at radius 1 is 1.19 bits per heavy atom. The number of nitrogens with zero attached hydrogens (tertiary/aromatic N) is 2. The quantitative estimate of drug-likeness (QED) is 0.758. The summed E-state index contributed by atoms with van der Waals surface area (Å²) in [6, 6.07) is 13.8. The van der Waals surface area contributed by atoms with Gasteiger partial charge in [0, 0.05) is 31.6 Å². The third-order valence-electron chi connectivity index (χ3n) is 3.12. The van der Waals surface area contributed by atoms with Crippen LogP contribution in [0, 0.1) is 0 Å². The smallest absolute Gasteiger partial charge is 0.246 e. The van der Waals surface area contributed by atoms with Gasteiger partial charge in [0.05, 0.1) is 0 Å². The van der Waals surface area contributed by atoms with Crippen LogP contribution in [0.15, 0.2) is 60.9 Å². The molecule has 0 aliphatic carbocycles. The Bertz CT molecular complexity index is 579. The molecule has 0 bridgehead atoms. The van der Waals surface area contributed by atoms with Crippen LogP contribution in [0.25, 0.3) is 6.08 Å². The summed E-state index contributed by atoms with van der Waals surface area (Å²) < 4.78 is 0. The van der Waals surface area contributed by atoms with E-state index >= 15 is 0 Å². The standard InChI is InChI=1S/C18H20N2O/c1-2-13-20(15-17-7-4-3-5-8-17)18(21)11-10-16-9-6-12-19-14-16/h3-12,14H,2,13,15H2,1H3/b11-10+. The molecule has 0 spiro atoms. The molecule has 1 aromatic heterocycles. The minimum atomic E-state index is 0.0320. The number of carbonyl (C=O) groups is 1. The number of pyridine rings is 1. The second kappa shape index (κ2) is 8.00. The molecule has 0 atom stereocenters. The Hall–Kier alpha value is -2.42. The van der Waals surface area contributed by atoms with Crippen LogP contribution in [0.2, 0.25) is 0 Å². The molecule has 21 heavy (non-hydrogen) atoms. The molecule has 0 saturated heterocycles. The molecular formula is C18H20N2O. The van der Waals surface area contributed by atoms with E-state index in [4.69, 9.17) is 0 Å². The highest BCUT2D eigenvalue weighted by molar-refractivity contribution is 5.91. The Morgan fingerprint density at radius 2 is 2.00 bits per heavy atom. The predicted molar refractivity (Wildman–Crippen MR) is 85.4 cm³/mol. The van der Waals surface area contributed by atoms with Crippen LogP contribution in [-0.4, -0.2) is 22.3 Å². The van der Waals surface area contributed by atoms with Crippen LogP contribution < -0.4 is 0 Å². The van der Waals surface area contributed by atoms with E-state index in [0.29, 0.717) is 6.54 Å². The molecule has 0 saturated carbocycles. The molecule has 3 heteroatoms. The number of hydrogen-bond donors (Lipinski definition) is 0. The van der Waals surface area contributed by atoms with Gasteiger partial charge in [-0.3, -0.25) is 9.78 Å². The topological polar surface area (TPSA) is 33.2 Å². The lowest BCUT2D eigenvalue weighted by molar-refractivity contribution is -0.126. The fourth-order valence-corrected chi connectivity index (χ4v) is 2.09. The molecule has 2 rings (SSSR count). The average molecular weight is 280 g/mol. The van der Waals surface area contributed by atoms with Crippen molar-refractivity contribution in [1.82, 2.24) is 9.88 Å². The van der Waals surface area contributed by atoms with Crippen molar-refractivity contribution in [3.8, 4) is 0 Å². The molecule has 1 amide bonds. The molecule has 0 aliphatic rings. The van der Waals surface area contributed by atoms with E-state index in [1.807, 2.05) is 53.4 Å². The summed E-state index contributed by atoms with van der Waals surface area (Å²) in [5.41, 5.74) is 2.08. The van der Waals surface area contributed by atoms with Crippen molar-refractivity contribution in [2.75, 3.05) is 6.54 Å². The highest BCUT2D eigenvalue weighted by Crippen LogP contribution is 2.07. The van der Waals surface area contributed by atoms with Crippen molar-refractivity contribution in [2.24, 2.45) is 0 Å². The van der Waals surface area contributed by atoms with Crippen LogP contribution in [0.5, 0.6) is 0 Å². The van der Waals surface area contributed by atoms with E-state index < -0.39 is 0 Å². The number of hydrogen-bond acceptors (Lipinski definition) is 2. The zero-order valence-electron chi connectivity index (χ0n) is 12.3. The second-order valence-corrected chi connectivity index (χ2v) is 4.87. The summed E-state index contributed by atoms with van der Waals surface area (Å²) in [6.07, 6.45) is 7.83. The van der Waals surface area contributed by atoms with E-state index in [-0.39, 0.29) is 5.91 Å². The summed E-state index contributed by atoms with van der Waals surface area (Å²) in [4.78, 5) is 18.2. The van der Waals surface area contributed by atoms with Gasteiger partial charge in [0.25, 0.3) is 0 Å².